The molecule has 6 aromatic rings. The van der Waals surface area contributed by atoms with Crippen LogP contribution < -0.4 is 21.3 Å². The Morgan fingerprint density at radius 2 is 0.889 bits per heavy atom. The molecule has 5 N–H and O–H groups in total. The molecule has 322 valence electrons. The monoisotopic (exact) mass is 862 g/mol. The third-order valence-corrected chi connectivity index (χ3v) is 8.70. The largest absolute Gasteiger partial charge is 0.478 e. The van der Waals surface area contributed by atoms with Crippen molar-refractivity contribution < 1.29 is 52.9 Å². The number of ether oxygens (including phenoxy) is 1. The number of benzene rings is 4. The molecule has 0 aliphatic rings. The lowest BCUT2D eigenvalue weighted by Gasteiger charge is -2.08. The summed E-state index contributed by atoms with van der Waals surface area (Å²) in [6, 6.07) is 21.9. The molecule has 0 aliphatic carbocycles. The van der Waals surface area contributed by atoms with Gasteiger partial charge in [-0.2, -0.15) is 0 Å². The van der Waals surface area contributed by atoms with E-state index in [9.17, 15) is 37.5 Å². The van der Waals surface area contributed by atoms with Crippen molar-refractivity contribution in [3.8, 4) is 0 Å². The van der Waals surface area contributed by atoms with E-state index >= 15 is 0 Å². The minimum absolute atomic E-state index is 0.0516. The number of methoxy groups -OCH3 is 1. The van der Waals surface area contributed by atoms with Crippen molar-refractivity contribution in [2.75, 3.05) is 7.11 Å². The van der Waals surface area contributed by atoms with Gasteiger partial charge in [0.25, 0.3) is 23.6 Å². The SMILES string of the molecule is [2H]C([2H])(NC(=O)c1cc(C(=O)NCc2ccc(C(=O)O)cc2)ncn1)c1ccc(F)c(C)c1.[2H]C([2H])(NC(=O)c1cc(C(=O)NCc2ccc(C(=O)OC)cc2)ncn1)c1ccc(F)c(C)c1. The zero-order chi connectivity index (χ0) is 49.1. The highest BCUT2D eigenvalue weighted by atomic mass is 19.1. The van der Waals surface area contributed by atoms with E-state index in [0.717, 1.165) is 42.5 Å². The molecule has 6 rings (SSSR count). The van der Waals surface area contributed by atoms with Gasteiger partial charge in [0.15, 0.2) is 0 Å². The maximum absolute atomic E-state index is 13.5. The molecule has 0 radical (unpaired) electrons. The zero-order valence-electron chi connectivity index (χ0n) is 37.7. The molecule has 4 aromatic carbocycles. The molecule has 0 fully saturated rings. The standard InChI is InChI=1S/C23H21FN4O4.C22H19FN4O4/c1-14-9-16(5-8-18(14)24)12-26-22(30)20-10-19(27-13-28-20)21(29)25-11-15-3-6-17(7-4-15)23(31)32-2;1-13-8-15(4-7-17(13)23)11-25-21(29)19-9-18(26-12-27-19)20(28)24-10-14-2-5-16(6-3-14)22(30)31/h3-10,13H,11-12H2,1-2H3,(H,25,29)(H,26,30);2-9,12H,10-11H2,1H3,(H,24,28)(H,25,29)(H,30,31)/i12D2;11D2. The van der Waals surface area contributed by atoms with E-state index in [1.807, 2.05) is 0 Å². The van der Waals surface area contributed by atoms with Crippen molar-refractivity contribution in [2.24, 2.45) is 0 Å². The molecule has 0 aliphatic heterocycles. The molecule has 16 nitrogen and oxygen atoms in total. The number of carboxylic acids is 1. The summed E-state index contributed by atoms with van der Waals surface area (Å²) in [5.41, 5.74) is 1.78. The number of amides is 4. The summed E-state index contributed by atoms with van der Waals surface area (Å²) in [5.74, 6) is -5.46. The van der Waals surface area contributed by atoms with Crippen molar-refractivity contribution in [3.05, 3.63) is 189 Å². The summed E-state index contributed by atoms with van der Waals surface area (Å²) in [6.07, 6.45) is 2.02. The number of carbonyl (C=O) groups excluding carboxylic acids is 5. The third-order valence-electron chi connectivity index (χ3n) is 8.70. The molecule has 0 bridgehead atoms. The molecular weight excluding hydrogens is 819 g/mol. The van der Waals surface area contributed by atoms with Gasteiger partial charge in [-0.3, -0.25) is 19.2 Å². The fourth-order valence-electron chi connectivity index (χ4n) is 5.23. The van der Waals surface area contributed by atoms with Gasteiger partial charge in [-0.05, 0) is 83.6 Å². The molecule has 0 unspecified atom stereocenters. The number of hydrogen-bond donors (Lipinski definition) is 5. The minimum atomic E-state index is -2.31. The second-order valence-electron chi connectivity index (χ2n) is 13.2. The van der Waals surface area contributed by atoms with E-state index in [4.69, 9.17) is 10.6 Å². The Balaban J connectivity index is 0.000000251. The van der Waals surface area contributed by atoms with Crippen LogP contribution in [0.2, 0.25) is 0 Å². The van der Waals surface area contributed by atoms with Crippen LogP contribution in [-0.4, -0.2) is 67.7 Å². The van der Waals surface area contributed by atoms with Crippen LogP contribution in [-0.2, 0) is 30.8 Å². The van der Waals surface area contributed by atoms with Gasteiger partial charge < -0.3 is 31.1 Å². The summed E-state index contributed by atoms with van der Waals surface area (Å²) >= 11 is 0. The fraction of sp³-hybridized carbons (Fsp3) is 0.156. The second kappa shape index (κ2) is 21.8. The van der Waals surface area contributed by atoms with Gasteiger partial charge in [0, 0.05) is 38.2 Å². The molecule has 18 heteroatoms. The molecule has 2 heterocycles. The normalized spacial score (nSPS) is 11.8. The van der Waals surface area contributed by atoms with Crippen molar-refractivity contribution in [2.45, 2.75) is 39.9 Å². The maximum atomic E-state index is 13.5. The topological polar surface area (TPSA) is 232 Å². The molecule has 0 atom stereocenters. The first-order valence-corrected chi connectivity index (χ1v) is 18.6. The Morgan fingerprint density at radius 1 is 0.540 bits per heavy atom. The van der Waals surface area contributed by atoms with Gasteiger partial charge in [0.05, 0.1) is 23.7 Å². The highest BCUT2D eigenvalue weighted by Gasteiger charge is 2.16. The van der Waals surface area contributed by atoms with E-state index in [0.29, 0.717) is 11.1 Å². The van der Waals surface area contributed by atoms with Crippen LogP contribution >= 0.6 is 0 Å². The maximum Gasteiger partial charge on any atom is 0.337 e. The summed E-state index contributed by atoms with van der Waals surface area (Å²) in [6.45, 7) is -1.43. The van der Waals surface area contributed by atoms with Crippen LogP contribution in [0.15, 0.2) is 110 Å². The Kier molecular flexibility index (Phi) is 13.9. The van der Waals surface area contributed by atoms with Gasteiger partial charge >= 0.3 is 11.9 Å². The number of aryl methyl sites for hydroxylation is 2. The van der Waals surface area contributed by atoms with E-state index in [1.54, 1.807) is 36.4 Å². The number of aromatic carboxylic acids is 1. The zero-order valence-corrected chi connectivity index (χ0v) is 33.7. The van der Waals surface area contributed by atoms with Gasteiger partial charge in [-0.25, -0.2) is 38.3 Å². The second-order valence-corrected chi connectivity index (χ2v) is 13.2. The number of aromatic nitrogens is 4. The first-order valence-electron chi connectivity index (χ1n) is 20.6. The van der Waals surface area contributed by atoms with Crippen molar-refractivity contribution in [1.82, 2.24) is 41.2 Å². The van der Waals surface area contributed by atoms with Gasteiger partial charge in [0.1, 0.15) is 47.1 Å². The molecule has 2 aromatic heterocycles. The predicted octanol–water partition coefficient (Wildman–Crippen LogP) is 5.05. The van der Waals surface area contributed by atoms with Crippen molar-refractivity contribution in [3.63, 3.8) is 0 Å². The third kappa shape index (κ3) is 13.4. The molecule has 4 amide bonds. The smallest absolute Gasteiger partial charge is 0.337 e. The molecule has 0 saturated heterocycles. The Labute approximate surface area is 364 Å². The first kappa shape index (κ1) is 40.1. The molecular formula is C45H40F2N8O8. The van der Waals surface area contributed by atoms with Gasteiger partial charge in [-0.1, -0.05) is 48.5 Å². The van der Waals surface area contributed by atoms with Crippen LogP contribution in [0.1, 0.15) is 102 Å². The lowest BCUT2D eigenvalue weighted by molar-refractivity contribution is 0.0599. The average molecular weight is 863 g/mol. The lowest BCUT2D eigenvalue weighted by atomic mass is 10.1. The van der Waals surface area contributed by atoms with Crippen LogP contribution in [0.25, 0.3) is 0 Å². The van der Waals surface area contributed by atoms with Crippen molar-refractivity contribution >= 4 is 35.6 Å². The van der Waals surface area contributed by atoms with E-state index in [-0.39, 0.29) is 63.7 Å². The number of nitrogens with one attached hydrogen (secondary N) is 4. The highest BCUT2D eigenvalue weighted by molar-refractivity contribution is 5.98. The average Bonchev–Trinajstić information content (AvgIpc) is 3.31. The predicted molar refractivity (Wildman–Crippen MR) is 222 cm³/mol. The number of carboxylic acid groups (broad SMARTS) is 1. The van der Waals surface area contributed by atoms with Gasteiger partial charge in [0.2, 0.25) is 0 Å². The number of nitrogens with zero attached hydrogens (tertiary/aromatic N) is 4. The van der Waals surface area contributed by atoms with Gasteiger partial charge in [-0.15, -0.1) is 0 Å². The number of halogens is 2. The number of hydrogen-bond acceptors (Lipinski definition) is 11. The quantitative estimate of drug-likeness (QED) is 0.0906. The van der Waals surface area contributed by atoms with E-state index < -0.39 is 60.2 Å². The Hall–Kier alpha value is -8.28. The van der Waals surface area contributed by atoms with Crippen LogP contribution in [0.3, 0.4) is 0 Å². The van der Waals surface area contributed by atoms with Crippen LogP contribution in [0, 0.1) is 25.5 Å². The van der Waals surface area contributed by atoms with E-state index in [1.165, 1.54) is 57.4 Å². The van der Waals surface area contributed by atoms with Crippen molar-refractivity contribution in [1.29, 1.82) is 0 Å². The first-order chi connectivity index (χ1) is 31.7. The summed E-state index contributed by atoms with van der Waals surface area (Å²) in [7, 11) is 1.28. The summed E-state index contributed by atoms with van der Waals surface area (Å²) < 4.78 is 64.1. The summed E-state index contributed by atoms with van der Waals surface area (Å²) in [5, 5.41) is 18.5. The fourth-order valence-corrected chi connectivity index (χ4v) is 5.23. The van der Waals surface area contributed by atoms with Crippen LogP contribution in [0.4, 0.5) is 8.78 Å². The van der Waals surface area contributed by atoms with Crippen LogP contribution in [0.5, 0.6) is 0 Å². The Bertz CT molecular complexity index is 2840. The number of rotatable bonds is 14. The molecule has 0 spiro atoms. The number of carbonyl (C=O) groups is 6. The number of esters is 1. The Morgan fingerprint density at radius 3 is 1.24 bits per heavy atom. The lowest BCUT2D eigenvalue weighted by Crippen LogP contribution is -2.27. The minimum Gasteiger partial charge on any atom is -0.478 e. The summed E-state index contributed by atoms with van der Waals surface area (Å²) in [4.78, 5) is 87.6. The highest BCUT2D eigenvalue weighted by Crippen LogP contribution is 2.12. The van der Waals surface area contributed by atoms with E-state index in [2.05, 4.69) is 45.9 Å². The molecule has 63 heavy (non-hydrogen) atoms. The molecule has 0 saturated carbocycles.